The standard InChI is InChI=1S/C13H19BrN4OSi/c1-20(2,3)7-6-19-10-18-13(14)8-12(17-18)11-4-5-15-16-9-11/h4-5,8-9H,6-7,10H2,1-3H3. The number of hydrogen-bond acceptors (Lipinski definition) is 4. The fourth-order valence-electron chi connectivity index (χ4n) is 1.60. The smallest absolute Gasteiger partial charge is 0.140 e. The highest BCUT2D eigenvalue weighted by Crippen LogP contribution is 2.21. The lowest BCUT2D eigenvalue weighted by Crippen LogP contribution is -2.22. The van der Waals surface area contributed by atoms with Gasteiger partial charge in [-0.25, -0.2) is 4.68 Å². The average molecular weight is 355 g/mol. The van der Waals surface area contributed by atoms with Crippen LogP contribution in [0.15, 0.2) is 29.1 Å². The van der Waals surface area contributed by atoms with Crippen molar-refractivity contribution < 1.29 is 4.74 Å². The monoisotopic (exact) mass is 354 g/mol. The predicted molar refractivity (Wildman–Crippen MR) is 85.1 cm³/mol. The maximum absolute atomic E-state index is 5.70. The van der Waals surface area contributed by atoms with E-state index in [1.807, 2.05) is 12.1 Å². The van der Waals surface area contributed by atoms with Gasteiger partial charge in [-0.1, -0.05) is 19.6 Å². The lowest BCUT2D eigenvalue weighted by atomic mass is 10.2. The van der Waals surface area contributed by atoms with Crippen molar-refractivity contribution in [2.45, 2.75) is 32.4 Å². The minimum absolute atomic E-state index is 0.462. The second-order valence-electron chi connectivity index (χ2n) is 5.83. The Kier molecular flexibility index (Phi) is 5.06. The minimum Gasteiger partial charge on any atom is -0.359 e. The molecule has 5 nitrogen and oxygen atoms in total. The van der Waals surface area contributed by atoms with Gasteiger partial charge in [0.15, 0.2) is 0 Å². The van der Waals surface area contributed by atoms with E-state index in [9.17, 15) is 0 Å². The van der Waals surface area contributed by atoms with Gasteiger partial charge in [-0.05, 0) is 34.1 Å². The zero-order valence-electron chi connectivity index (χ0n) is 12.0. The number of ether oxygens (including phenoxy) is 1. The molecule has 0 aliphatic heterocycles. The van der Waals surface area contributed by atoms with Crippen LogP contribution in [0, 0.1) is 0 Å². The lowest BCUT2D eigenvalue weighted by molar-refractivity contribution is 0.0771. The zero-order chi connectivity index (χ0) is 14.6. The maximum atomic E-state index is 5.70. The van der Waals surface area contributed by atoms with Crippen molar-refractivity contribution >= 4 is 24.0 Å². The van der Waals surface area contributed by atoms with E-state index in [0.717, 1.165) is 28.5 Å². The average Bonchev–Trinajstić information content (AvgIpc) is 2.76. The van der Waals surface area contributed by atoms with Gasteiger partial charge in [0.2, 0.25) is 0 Å². The van der Waals surface area contributed by atoms with E-state index in [4.69, 9.17) is 4.74 Å². The summed E-state index contributed by atoms with van der Waals surface area (Å²) in [6.07, 6.45) is 3.36. The molecule has 0 fully saturated rings. The Labute approximate surface area is 128 Å². The van der Waals surface area contributed by atoms with Crippen LogP contribution >= 0.6 is 15.9 Å². The summed E-state index contributed by atoms with van der Waals surface area (Å²) in [5, 5.41) is 12.1. The molecule has 0 aromatic carbocycles. The van der Waals surface area contributed by atoms with E-state index in [1.54, 1.807) is 17.1 Å². The third-order valence-electron chi connectivity index (χ3n) is 2.82. The molecule has 2 rings (SSSR count). The van der Waals surface area contributed by atoms with Gasteiger partial charge >= 0.3 is 0 Å². The zero-order valence-corrected chi connectivity index (χ0v) is 14.6. The van der Waals surface area contributed by atoms with Gasteiger partial charge in [0.25, 0.3) is 0 Å². The molecule has 108 valence electrons. The van der Waals surface area contributed by atoms with Gasteiger partial charge in [0.1, 0.15) is 11.3 Å². The SMILES string of the molecule is C[Si](C)(C)CCOCn1nc(-c2ccnnc2)cc1Br. The molecule has 0 N–H and O–H groups in total. The molecular formula is C13H19BrN4OSi. The molecule has 0 unspecified atom stereocenters. The quantitative estimate of drug-likeness (QED) is 0.589. The Morgan fingerprint density at radius 1 is 1.30 bits per heavy atom. The summed E-state index contributed by atoms with van der Waals surface area (Å²) in [4.78, 5) is 0. The van der Waals surface area contributed by atoms with Crippen LogP contribution in [0.3, 0.4) is 0 Å². The molecule has 7 heteroatoms. The van der Waals surface area contributed by atoms with Gasteiger partial charge in [0, 0.05) is 20.2 Å². The molecule has 0 atom stereocenters. The van der Waals surface area contributed by atoms with E-state index in [-0.39, 0.29) is 0 Å². The van der Waals surface area contributed by atoms with Gasteiger partial charge < -0.3 is 4.74 Å². The summed E-state index contributed by atoms with van der Waals surface area (Å²) in [7, 11) is -1.04. The first-order valence-electron chi connectivity index (χ1n) is 6.54. The Bertz CT molecular complexity index is 553. The van der Waals surface area contributed by atoms with Crippen LogP contribution in [0.1, 0.15) is 0 Å². The molecule has 2 aromatic heterocycles. The molecule has 0 saturated heterocycles. The number of nitrogens with zero attached hydrogens (tertiary/aromatic N) is 4. The minimum atomic E-state index is -1.04. The molecule has 0 aliphatic rings. The van der Waals surface area contributed by atoms with Gasteiger partial charge in [-0.3, -0.25) is 0 Å². The number of aromatic nitrogens is 4. The Hall–Kier alpha value is -1.05. The summed E-state index contributed by atoms with van der Waals surface area (Å²) in [6, 6.07) is 5.00. The van der Waals surface area contributed by atoms with E-state index in [1.165, 1.54) is 0 Å². The van der Waals surface area contributed by atoms with Crippen LogP contribution in [0.5, 0.6) is 0 Å². The van der Waals surface area contributed by atoms with Gasteiger partial charge in [0.05, 0.1) is 18.1 Å². The summed E-state index contributed by atoms with van der Waals surface area (Å²) in [5.41, 5.74) is 1.81. The Morgan fingerprint density at radius 2 is 2.10 bits per heavy atom. The van der Waals surface area contributed by atoms with E-state index < -0.39 is 8.07 Å². The largest absolute Gasteiger partial charge is 0.359 e. The molecule has 2 heterocycles. The first-order chi connectivity index (χ1) is 9.46. The van der Waals surface area contributed by atoms with Crippen molar-refractivity contribution in [3.63, 3.8) is 0 Å². The number of rotatable bonds is 6. The van der Waals surface area contributed by atoms with Crippen LogP contribution in [-0.2, 0) is 11.5 Å². The summed E-state index contributed by atoms with van der Waals surface area (Å²) in [6.45, 7) is 8.27. The van der Waals surface area contributed by atoms with Crippen LogP contribution < -0.4 is 0 Å². The fourth-order valence-corrected chi connectivity index (χ4v) is 2.75. The lowest BCUT2D eigenvalue weighted by Gasteiger charge is -2.15. The molecule has 20 heavy (non-hydrogen) atoms. The maximum Gasteiger partial charge on any atom is 0.140 e. The van der Waals surface area contributed by atoms with E-state index >= 15 is 0 Å². The third kappa shape index (κ3) is 4.50. The van der Waals surface area contributed by atoms with Crippen LogP contribution in [-0.4, -0.2) is 34.7 Å². The molecule has 0 amide bonds. The second-order valence-corrected chi connectivity index (χ2v) is 12.3. The molecule has 0 aliphatic carbocycles. The first-order valence-corrected chi connectivity index (χ1v) is 11.0. The molecular weight excluding hydrogens is 336 g/mol. The van der Waals surface area contributed by atoms with E-state index in [0.29, 0.717) is 6.73 Å². The fraction of sp³-hybridized carbons (Fsp3) is 0.462. The highest BCUT2D eigenvalue weighted by molar-refractivity contribution is 9.10. The van der Waals surface area contributed by atoms with E-state index in [2.05, 4.69) is 50.9 Å². The first kappa shape index (κ1) is 15.3. The molecule has 2 aromatic rings. The van der Waals surface area contributed by atoms with Crippen molar-refractivity contribution in [3.05, 3.63) is 29.1 Å². The predicted octanol–water partition coefficient (Wildman–Crippen LogP) is 3.41. The van der Waals surface area contributed by atoms with Crippen LogP contribution in [0.4, 0.5) is 0 Å². The van der Waals surface area contributed by atoms with Gasteiger partial charge in [-0.2, -0.15) is 15.3 Å². The van der Waals surface area contributed by atoms with Crippen LogP contribution in [0.2, 0.25) is 25.7 Å². The number of hydrogen-bond donors (Lipinski definition) is 0. The molecule has 0 bridgehead atoms. The summed E-state index contributed by atoms with van der Waals surface area (Å²) >= 11 is 3.50. The Balaban J connectivity index is 1.95. The van der Waals surface area contributed by atoms with Crippen molar-refractivity contribution in [2.24, 2.45) is 0 Å². The van der Waals surface area contributed by atoms with Crippen molar-refractivity contribution in [3.8, 4) is 11.3 Å². The highest BCUT2D eigenvalue weighted by Gasteiger charge is 2.13. The second kappa shape index (κ2) is 6.60. The van der Waals surface area contributed by atoms with Gasteiger partial charge in [-0.15, -0.1) is 0 Å². The molecule has 0 spiro atoms. The number of halogens is 1. The molecule has 0 radical (unpaired) electrons. The topological polar surface area (TPSA) is 52.8 Å². The summed E-state index contributed by atoms with van der Waals surface area (Å²) in [5.74, 6) is 0. The van der Waals surface area contributed by atoms with Crippen molar-refractivity contribution in [2.75, 3.05) is 6.61 Å². The normalized spacial score (nSPS) is 11.8. The molecule has 0 saturated carbocycles. The third-order valence-corrected chi connectivity index (χ3v) is 5.16. The van der Waals surface area contributed by atoms with Crippen LogP contribution in [0.25, 0.3) is 11.3 Å². The summed E-state index contributed by atoms with van der Waals surface area (Å²) < 4.78 is 8.41. The highest BCUT2D eigenvalue weighted by atomic mass is 79.9. The Morgan fingerprint density at radius 3 is 2.75 bits per heavy atom. The van der Waals surface area contributed by atoms with Crippen molar-refractivity contribution in [1.82, 2.24) is 20.0 Å². The van der Waals surface area contributed by atoms with Crippen molar-refractivity contribution in [1.29, 1.82) is 0 Å².